The SMILES string of the molecule is COc1ccc(C(=O)C[C@H](B2OCC(C)(C)CO2)c2ccccc2)cc1. The lowest BCUT2D eigenvalue weighted by Crippen LogP contribution is -2.44. The van der Waals surface area contributed by atoms with E-state index < -0.39 is 7.12 Å². The van der Waals surface area contributed by atoms with E-state index in [9.17, 15) is 4.79 Å². The minimum Gasteiger partial charge on any atom is -0.497 e. The van der Waals surface area contributed by atoms with E-state index in [1.54, 1.807) is 31.4 Å². The predicted molar refractivity (Wildman–Crippen MR) is 103 cm³/mol. The van der Waals surface area contributed by atoms with Crippen molar-refractivity contribution in [3.63, 3.8) is 0 Å². The van der Waals surface area contributed by atoms with Gasteiger partial charge in [-0.2, -0.15) is 0 Å². The number of ether oxygens (including phenoxy) is 1. The third-order valence-corrected chi connectivity index (χ3v) is 4.65. The van der Waals surface area contributed by atoms with E-state index in [2.05, 4.69) is 13.8 Å². The van der Waals surface area contributed by atoms with Crippen LogP contribution < -0.4 is 4.74 Å². The number of hydrogen-bond acceptors (Lipinski definition) is 4. The fraction of sp³-hybridized carbons (Fsp3) is 0.381. The third-order valence-electron chi connectivity index (χ3n) is 4.65. The van der Waals surface area contributed by atoms with Gasteiger partial charge in [-0.3, -0.25) is 4.79 Å². The second kappa shape index (κ2) is 8.06. The summed E-state index contributed by atoms with van der Waals surface area (Å²) in [5, 5.41) is 0. The van der Waals surface area contributed by atoms with Crippen LogP contribution in [0.5, 0.6) is 5.75 Å². The Morgan fingerprint density at radius 2 is 1.69 bits per heavy atom. The summed E-state index contributed by atoms with van der Waals surface area (Å²) in [5.41, 5.74) is 1.72. The van der Waals surface area contributed by atoms with Gasteiger partial charge in [0.1, 0.15) is 5.75 Å². The molecule has 0 saturated carbocycles. The highest BCUT2D eigenvalue weighted by atomic mass is 16.6. The standard InChI is InChI=1S/C21H25BO4/c1-21(2)14-25-22(26-15-21)19(16-7-5-4-6-8-16)13-20(23)17-9-11-18(24-3)12-10-17/h4-12,19H,13-15H2,1-3H3/t19-/m0/s1. The first kappa shape index (κ1) is 18.7. The molecule has 0 spiro atoms. The molecule has 1 saturated heterocycles. The van der Waals surface area contributed by atoms with Crippen molar-refractivity contribution in [1.82, 2.24) is 0 Å². The van der Waals surface area contributed by atoms with E-state index in [0.29, 0.717) is 25.2 Å². The summed E-state index contributed by atoms with van der Waals surface area (Å²) in [6, 6.07) is 17.2. The first-order valence-electron chi connectivity index (χ1n) is 8.94. The molecule has 0 N–H and O–H groups in total. The zero-order chi connectivity index (χ0) is 18.6. The van der Waals surface area contributed by atoms with Gasteiger partial charge in [0.05, 0.1) is 7.11 Å². The van der Waals surface area contributed by atoms with Crippen LogP contribution in [0.25, 0.3) is 0 Å². The molecule has 0 unspecified atom stereocenters. The molecule has 2 aromatic carbocycles. The van der Waals surface area contributed by atoms with Gasteiger partial charge >= 0.3 is 7.12 Å². The number of carbonyl (C=O) groups is 1. The van der Waals surface area contributed by atoms with E-state index in [1.165, 1.54) is 0 Å². The van der Waals surface area contributed by atoms with E-state index in [-0.39, 0.29) is 17.0 Å². The van der Waals surface area contributed by atoms with Gasteiger partial charge in [-0.15, -0.1) is 0 Å². The highest BCUT2D eigenvalue weighted by molar-refractivity contribution is 6.47. The number of Topliss-reactive ketones (excluding diaryl/α,β-unsaturated/α-hetero) is 1. The van der Waals surface area contributed by atoms with Crippen molar-refractivity contribution in [2.24, 2.45) is 5.41 Å². The molecule has 0 bridgehead atoms. The zero-order valence-electron chi connectivity index (χ0n) is 15.6. The molecule has 26 heavy (non-hydrogen) atoms. The first-order chi connectivity index (χ1) is 12.5. The van der Waals surface area contributed by atoms with Gasteiger partial charge in [-0.25, -0.2) is 0 Å². The van der Waals surface area contributed by atoms with Crippen molar-refractivity contribution in [2.75, 3.05) is 20.3 Å². The van der Waals surface area contributed by atoms with Crippen LogP contribution in [0.3, 0.4) is 0 Å². The van der Waals surface area contributed by atoms with Gasteiger partial charge in [0, 0.05) is 36.4 Å². The van der Waals surface area contributed by atoms with Crippen LogP contribution in [0, 0.1) is 5.41 Å². The van der Waals surface area contributed by atoms with Crippen molar-refractivity contribution < 1.29 is 18.8 Å². The Labute approximate surface area is 155 Å². The van der Waals surface area contributed by atoms with E-state index >= 15 is 0 Å². The smallest absolute Gasteiger partial charge is 0.465 e. The van der Waals surface area contributed by atoms with E-state index in [1.807, 2.05) is 30.3 Å². The van der Waals surface area contributed by atoms with Crippen molar-refractivity contribution >= 4 is 12.9 Å². The average molecular weight is 352 g/mol. The number of carbonyl (C=O) groups excluding carboxylic acids is 1. The number of rotatable bonds is 6. The molecular weight excluding hydrogens is 327 g/mol. The minimum atomic E-state index is -0.410. The maximum Gasteiger partial charge on any atom is 0.465 e. The fourth-order valence-electron chi connectivity index (χ4n) is 3.10. The van der Waals surface area contributed by atoms with Crippen LogP contribution in [0.4, 0.5) is 0 Å². The van der Waals surface area contributed by atoms with Gasteiger partial charge in [0.2, 0.25) is 0 Å². The summed E-state index contributed by atoms with van der Waals surface area (Å²) in [7, 11) is 1.20. The first-order valence-corrected chi connectivity index (χ1v) is 8.94. The lowest BCUT2D eigenvalue weighted by molar-refractivity contribution is 0.0238. The van der Waals surface area contributed by atoms with Crippen molar-refractivity contribution in [3.05, 3.63) is 65.7 Å². The normalized spacial score (nSPS) is 17.6. The summed E-state index contributed by atoms with van der Waals surface area (Å²) in [6.07, 6.45) is 0.335. The molecule has 0 amide bonds. The topological polar surface area (TPSA) is 44.8 Å². The van der Waals surface area contributed by atoms with Crippen LogP contribution in [0.15, 0.2) is 54.6 Å². The molecule has 1 atom stereocenters. The molecule has 0 radical (unpaired) electrons. The molecule has 1 aliphatic rings. The second-order valence-corrected chi connectivity index (χ2v) is 7.53. The van der Waals surface area contributed by atoms with Crippen LogP contribution in [0.1, 0.15) is 42.0 Å². The Morgan fingerprint density at radius 3 is 2.27 bits per heavy atom. The molecule has 0 aliphatic carbocycles. The highest BCUT2D eigenvalue weighted by Gasteiger charge is 2.39. The average Bonchev–Trinajstić information content (AvgIpc) is 2.67. The molecule has 3 rings (SSSR count). The summed E-state index contributed by atoms with van der Waals surface area (Å²) in [5.74, 6) is 0.669. The van der Waals surface area contributed by atoms with E-state index in [4.69, 9.17) is 14.0 Å². The largest absolute Gasteiger partial charge is 0.497 e. The predicted octanol–water partition coefficient (Wildman–Crippen LogP) is 4.15. The van der Waals surface area contributed by atoms with Gasteiger partial charge in [0.25, 0.3) is 0 Å². The fourth-order valence-corrected chi connectivity index (χ4v) is 3.10. The van der Waals surface area contributed by atoms with Crippen molar-refractivity contribution in [2.45, 2.75) is 26.1 Å². The number of ketones is 1. The Hall–Kier alpha value is -2.11. The Balaban J connectivity index is 1.78. The van der Waals surface area contributed by atoms with Gasteiger partial charge in [-0.05, 0) is 29.8 Å². The maximum atomic E-state index is 12.8. The minimum absolute atomic E-state index is 0.00225. The number of methoxy groups -OCH3 is 1. The number of hydrogen-bond donors (Lipinski definition) is 0. The molecule has 1 aliphatic heterocycles. The molecule has 2 aromatic rings. The lowest BCUT2D eigenvalue weighted by atomic mass is 9.64. The molecule has 136 valence electrons. The summed E-state index contributed by atoms with van der Waals surface area (Å²) in [6.45, 7) is 5.47. The van der Waals surface area contributed by atoms with Crippen LogP contribution in [0.2, 0.25) is 0 Å². The monoisotopic (exact) mass is 352 g/mol. The van der Waals surface area contributed by atoms with Crippen molar-refractivity contribution in [3.8, 4) is 5.75 Å². The summed E-state index contributed by atoms with van der Waals surface area (Å²) < 4.78 is 17.1. The lowest BCUT2D eigenvalue weighted by Gasteiger charge is -2.36. The Bertz CT molecular complexity index is 717. The molecule has 4 nitrogen and oxygen atoms in total. The molecule has 1 fully saturated rings. The van der Waals surface area contributed by atoms with Crippen molar-refractivity contribution in [1.29, 1.82) is 0 Å². The summed E-state index contributed by atoms with van der Waals surface area (Å²) in [4.78, 5) is 12.8. The highest BCUT2D eigenvalue weighted by Crippen LogP contribution is 2.31. The van der Waals surface area contributed by atoms with Crippen LogP contribution in [-0.2, 0) is 9.31 Å². The quantitative estimate of drug-likeness (QED) is 0.579. The second-order valence-electron chi connectivity index (χ2n) is 7.53. The zero-order valence-corrected chi connectivity index (χ0v) is 15.6. The molecule has 5 heteroatoms. The molecule has 1 heterocycles. The number of benzene rings is 2. The summed E-state index contributed by atoms with van der Waals surface area (Å²) >= 11 is 0. The maximum absolute atomic E-state index is 12.8. The molecular formula is C21H25BO4. The van der Waals surface area contributed by atoms with E-state index in [0.717, 1.165) is 11.3 Å². The van der Waals surface area contributed by atoms with Crippen LogP contribution in [-0.4, -0.2) is 33.2 Å². The van der Waals surface area contributed by atoms with Gasteiger partial charge in [0.15, 0.2) is 5.78 Å². The Morgan fingerprint density at radius 1 is 1.08 bits per heavy atom. The van der Waals surface area contributed by atoms with Gasteiger partial charge in [-0.1, -0.05) is 44.2 Å². The van der Waals surface area contributed by atoms with Gasteiger partial charge < -0.3 is 14.0 Å². The third kappa shape index (κ3) is 4.54. The van der Waals surface area contributed by atoms with Crippen LogP contribution >= 0.6 is 0 Å². The molecule has 0 aromatic heterocycles. The Kier molecular flexibility index (Phi) is 5.79.